The zero-order valence-electron chi connectivity index (χ0n) is 10.2. The maximum absolute atomic E-state index is 5.91. The van der Waals surface area contributed by atoms with Crippen molar-refractivity contribution >= 4 is 38.9 Å². The first-order chi connectivity index (χ1) is 9.22. The van der Waals surface area contributed by atoms with Gasteiger partial charge in [0.05, 0.1) is 11.6 Å². The number of hydrogen-bond acceptors (Lipinski definition) is 3. The van der Waals surface area contributed by atoms with Crippen LogP contribution in [0.4, 0.5) is 0 Å². The second-order valence-corrected chi connectivity index (χ2v) is 6.83. The van der Waals surface area contributed by atoms with Gasteiger partial charge in [0.15, 0.2) is 0 Å². The average molecular weight is 359 g/mol. The molecule has 0 aliphatic carbocycles. The lowest BCUT2D eigenvalue weighted by Crippen LogP contribution is -2.12. The SMILES string of the molecule is Clc1csc(CNCc2cc(Br)cc3c2OCC3)c1. The van der Waals surface area contributed by atoms with E-state index in [1.807, 2.05) is 11.4 Å². The number of nitrogens with one attached hydrogen (secondary N) is 1. The molecule has 0 spiro atoms. The molecule has 1 aliphatic rings. The molecule has 1 N–H and O–H groups in total. The highest BCUT2D eigenvalue weighted by molar-refractivity contribution is 9.10. The largest absolute Gasteiger partial charge is 0.493 e. The monoisotopic (exact) mass is 357 g/mol. The fraction of sp³-hybridized carbons (Fsp3) is 0.286. The molecule has 1 aliphatic heterocycles. The first kappa shape index (κ1) is 13.4. The number of hydrogen-bond donors (Lipinski definition) is 1. The molecule has 2 nitrogen and oxygen atoms in total. The number of ether oxygens (including phenoxy) is 1. The summed E-state index contributed by atoms with van der Waals surface area (Å²) in [6.07, 6.45) is 1.00. The van der Waals surface area contributed by atoms with Gasteiger partial charge in [-0.2, -0.15) is 0 Å². The zero-order chi connectivity index (χ0) is 13.2. The predicted molar refractivity (Wildman–Crippen MR) is 83.2 cm³/mol. The van der Waals surface area contributed by atoms with E-state index in [0.717, 1.165) is 41.4 Å². The summed E-state index contributed by atoms with van der Waals surface area (Å²) in [5.41, 5.74) is 2.51. The fourth-order valence-electron chi connectivity index (χ4n) is 2.24. The van der Waals surface area contributed by atoms with E-state index in [1.165, 1.54) is 16.0 Å². The van der Waals surface area contributed by atoms with Crippen LogP contribution in [0.3, 0.4) is 0 Å². The summed E-state index contributed by atoms with van der Waals surface area (Å²) in [7, 11) is 0. The van der Waals surface area contributed by atoms with Crippen LogP contribution >= 0.6 is 38.9 Å². The van der Waals surface area contributed by atoms with Crippen molar-refractivity contribution in [1.82, 2.24) is 5.32 Å². The maximum Gasteiger partial charge on any atom is 0.127 e. The van der Waals surface area contributed by atoms with Gasteiger partial charge in [0.25, 0.3) is 0 Å². The van der Waals surface area contributed by atoms with Crippen molar-refractivity contribution in [2.24, 2.45) is 0 Å². The highest BCUT2D eigenvalue weighted by Gasteiger charge is 2.17. The molecule has 3 rings (SSSR count). The van der Waals surface area contributed by atoms with E-state index in [9.17, 15) is 0 Å². The molecule has 0 atom stereocenters. The van der Waals surface area contributed by atoms with E-state index in [-0.39, 0.29) is 0 Å². The Bertz CT molecular complexity index is 599. The highest BCUT2D eigenvalue weighted by Crippen LogP contribution is 2.33. The van der Waals surface area contributed by atoms with Crippen molar-refractivity contribution in [2.75, 3.05) is 6.61 Å². The van der Waals surface area contributed by atoms with Crippen molar-refractivity contribution in [3.63, 3.8) is 0 Å². The van der Waals surface area contributed by atoms with Gasteiger partial charge in [-0.05, 0) is 23.8 Å². The Hall–Kier alpha value is -0.550. The van der Waals surface area contributed by atoms with Crippen LogP contribution in [0.25, 0.3) is 0 Å². The summed E-state index contributed by atoms with van der Waals surface area (Å²) in [6.45, 7) is 2.43. The van der Waals surface area contributed by atoms with Crippen molar-refractivity contribution in [3.05, 3.63) is 49.1 Å². The molecule has 19 heavy (non-hydrogen) atoms. The van der Waals surface area contributed by atoms with Gasteiger partial charge < -0.3 is 10.1 Å². The molecule has 2 heterocycles. The van der Waals surface area contributed by atoms with Gasteiger partial charge >= 0.3 is 0 Å². The normalized spacial score (nSPS) is 13.4. The van der Waals surface area contributed by atoms with E-state index < -0.39 is 0 Å². The molecule has 0 saturated heterocycles. The minimum absolute atomic E-state index is 0.791. The minimum Gasteiger partial charge on any atom is -0.493 e. The molecule has 2 aromatic rings. The summed E-state index contributed by atoms with van der Waals surface area (Å²) in [6, 6.07) is 6.27. The Labute approximate surface area is 129 Å². The smallest absolute Gasteiger partial charge is 0.127 e. The molecular weight excluding hydrogens is 346 g/mol. The fourth-order valence-corrected chi connectivity index (χ4v) is 3.84. The number of benzene rings is 1. The lowest BCUT2D eigenvalue weighted by molar-refractivity contribution is 0.352. The molecule has 100 valence electrons. The third kappa shape index (κ3) is 3.14. The molecule has 0 amide bonds. The zero-order valence-corrected chi connectivity index (χ0v) is 13.4. The summed E-state index contributed by atoms with van der Waals surface area (Å²) in [5.74, 6) is 1.06. The van der Waals surface area contributed by atoms with Gasteiger partial charge in [0, 0.05) is 39.8 Å². The number of thiophene rings is 1. The number of halogens is 2. The van der Waals surface area contributed by atoms with Crippen LogP contribution < -0.4 is 10.1 Å². The van der Waals surface area contributed by atoms with Gasteiger partial charge in [-0.1, -0.05) is 27.5 Å². The molecule has 0 fully saturated rings. The summed E-state index contributed by atoms with van der Waals surface area (Å²) < 4.78 is 6.83. The molecule has 0 bridgehead atoms. The summed E-state index contributed by atoms with van der Waals surface area (Å²) >= 11 is 11.1. The first-order valence-electron chi connectivity index (χ1n) is 6.10. The number of fused-ring (bicyclic) bond motifs is 1. The molecule has 5 heteroatoms. The van der Waals surface area contributed by atoms with E-state index in [1.54, 1.807) is 11.3 Å². The highest BCUT2D eigenvalue weighted by atomic mass is 79.9. The van der Waals surface area contributed by atoms with Crippen LogP contribution in [-0.2, 0) is 19.5 Å². The third-order valence-electron chi connectivity index (χ3n) is 3.06. The quantitative estimate of drug-likeness (QED) is 0.875. The Morgan fingerprint density at radius 3 is 3.00 bits per heavy atom. The number of rotatable bonds is 4. The molecule has 0 unspecified atom stereocenters. The van der Waals surface area contributed by atoms with Crippen LogP contribution in [0.5, 0.6) is 5.75 Å². The van der Waals surface area contributed by atoms with E-state index in [4.69, 9.17) is 16.3 Å². The molecular formula is C14H13BrClNOS. The van der Waals surface area contributed by atoms with Crippen molar-refractivity contribution in [2.45, 2.75) is 19.5 Å². The lowest BCUT2D eigenvalue weighted by Gasteiger charge is -2.09. The van der Waals surface area contributed by atoms with E-state index in [0.29, 0.717) is 0 Å². The van der Waals surface area contributed by atoms with Crippen molar-refractivity contribution in [3.8, 4) is 5.75 Å². The lowest BCUT2D eigenvalue weighted by atomic mass is 10.1. The topological polar surface area (TPSA) is 21.3 Å². The van der Waals surface area contributed by atoms with E-state index in [2.05, 4.69) is 33.4 Å². The maximum atomic E-state index is 5.91. The first-order valence-corrected chi connectivity index (χ1v) is 8.15. The summed E-state index contributed by atoms with van der Waals surface area (Å²) in [5, 5.41) is 6.21. The summed E-state index contributed by atoms with van der Waals surface area (Å²) in [4.78, 5) is 1.25. The van der Waals surface area contributed by atoms with Gasteiger partial charge in [-0.25, -0.2) is 0 Å². The second kappa shape index (κ2) is 5.83. The third-order valence-corrected chi connectivity index (χ3v) is 4.80. The standard InChI is InChI=1S/C14H13BrClNOS/c15-11-3-9-1-2-18-14(9)10(4-11)6-17-7-13-5-12(16)8-19-13/h3-5,8,17H,1-2,6-7H2. The second-order valence-electron chi connectivity index (χ2n) is 4.49. The molecule has 0 saturated carbocycles. The molecule has 0 radical (unpaired) electrons. The van der Waals surface area contributed by atoms with Crippen molar-refractivity contribution in [1.29, 1.82) is 0 Å². The predicted octanol–water partition coefficient (Wildman–Crippen LogP) is 4.39. The van der Waals surface area contributed by atoms with Crippen LogP contribution in [0.1, 0.15) is 16.0 Å². The van der Waals surface area contributed by atoms with Crippen LogP contribution in [0, 0.1) is 0 Å². The van der Waals surface area contributed by atoms with Crippen molar-refractivity contribution < 1.29 is 4.74 Å². The Kier molecular flexibility index (Phi) is 4.12. The van der Waals surface area contributed by atoms with Gasteiger partial charge in [0.1, 0.15) is 5.75 Å². The van der Waals surface area contributed by atoms with Crippen LogP contribution in [0.2, 0.25) is 5.02 Å². The van der Waals surface area contributed by atoms with Gasteiger partial charge in [-0.15, -0.1) is 11.3 Å². The Morgan fingerprint density at radius 1 is 1.32 bits per heavy atom. The molecule has 1 aromatic heterocycles. The average Bonchev–Trinajstić information content (AvgIpc) is 2.98. The van der Waals surface area contributed by atoms with E-state index >= 15 is 0 Å². The molecule has 1 aromatic carbocycles. The van der Waals surface area contributed by atoms with Crippen LogP contribution in [-0.4, -0.2) is 6.61 Å². The van der Waals surface area contributed by atoms with Gasteiger partial charge in [-0.3, -0.25) is 0 Å². The van der Waals surface area contributed by atoms with Gasteiger partial charge in [0.2, 0.25) is 0 Å². The Morgan fingerprint density at radius 2 is 2.21 bits per heavy atom. The van der Waals surface area contributed by atoms with Crippen LogP contribution in [0.15, 0.2) is 28.1 Å². The minimum atomic E-state index is 0.791. The Balaban J connectivity index is 1.67.